The highest BCUT2D eigenvalue weighted by atomic mass is 79.9. The third-order valence-corrected chi connectivity index (χ3v) is 3.29. The van der Waals surface area contributed by atoms with Crippen LogP contribution in [0.3, 0.4) is 0 Å². The third-order valence-electron chi connectivity index (χ3n) is 2.88. The fraction of sp³-hybridized carbons (Fsp3) is 0.357. The molecule has 0 atom stereocenters. The van der Waals surface area contributed by atoms with E-state index < -0.39 is 6.61 Å². The second-order valence-corrected chi connectivity index (χ2v) is 5.63. The highest BCUT2D eigenvalue weighted by Crippen LogP contribution is 2.29. The minimum atomic E-state index is -2.87. The highest BCUT2D eigenvalue weighted by Gasteiger charge is 2.12. The molecule has 0 bridgehead atoms. The van der Waals surface area contributed by atoms with E-state index in [4.69, 9.17) is 4.74 Å². The fourth-order valence-corrected chi connectivity index (χ4v) is 2.36. The Labute approximate surface area is 135 Å². The van der Waals surface area contributed by atoms with Crippen molar-refractivity contribution in [2.75, 3.05) is 14.2 Å². The van der Waals surface area contributed by atoms with Crippen molar-refractivity contribution in [1.82, 2.24) is 14.7 Å². The summed E-state index contributed by atoms with van der Waals surface area (Å²) in [6.45, 7) is -1.66. The molecule has 0 aliphatic carbocycles. The Morgan fingerprint density at radius 1 is 1.36 bits per heavy atom. The van der Waals surface area contributed by atoms with Crippen LogP contribution in [0.5, 0.6) is 11.5 Å². The van der Waals surface area contributed by atoms with Crippen LogP contribution in [-0.4, -0.2) is 35.4 Å². The monoisotopic (exact) mass is 375 g/mol. The summed E-state index contributed by atoms with van der Waals surface area (Å²) in [5, 5.41) is 4.18. The van der Waals surface area contributed by atoms with E-state index in [9.17, 15) is 8.78 Å². The van der Waals surface area contributed by atoms with Crippen molar-refractivity contribution in [3.05, 3.63) is 40.6 Å². The number of nitrogens with zero attached hydrogens (tertiary/aromatic N) is 3. The van der Waals surface area contributed by atoms with Gasteiger partial charge in [-0.15, -0.1) is 0 Å². The molecule has 1 aromatic heterocycles. The molecule has 120 valence electrons. The quantitative estimate of drug-likeness (QED) is 0.743. The standard InChI is InChI=1S/C14H16BrF2N3O2/c1-19(9-20-8-11(15)6-18-20)7-10-3-4-12(22-14(16)17)13(5-10)21-2/h3-6,8,14H,7,9H2,1-2H3. The lowest BCUT2D eigenvalue weighted by atomic mass is 10.2. The van der Waals surface area contributed by atoms with Gasteiger partial charge in [0.1, 0.15) is 0 Å². The van der Waals surface area contributed by atoms with Gasteiger partial charge >= 0.3 is 6.61 Å². The average Bonchev–Trinajstić information content (AvgIpc) is 2.85. The number of ether oxygens (including phenoxy) is 2. The number of benzene rings is 1. The SMILES string of the molecule is COc1cc(CN(C)Cn2cc(Br)cn2)ccc1OC(F)F. The summed E-state index contributed by atoms with van der Waals surface area (Å²) in [7, 11) is 3.36. The first-order chi connectivity index (χ1) is 10.5. The van der Waals surface area contributed by atoms with Gasteiger partial charge in [-0.1, -0.05) is 6.07 Å². The molecular formula is C14H16BrF2N3O2. The lowest BCUT2D eigenvalue weighted by molar-refractivity contribution is -0.0512. The zero-order chi connectivity index (χ0) is 16.1. The zero-order valence-electron chi connectivity index (χ0n) is 12.2. The summed E-state index contributed by atoms with van der Waals surface area (Å²) in [5.74, 6) is 0.313. The van der Waals surface area contributed by atoms with Crippen LogP contribution < -0.4 is 9.47 Å². The number of methoxy groups -OCH3 is 1. The topological polar surface area (TPSA) is 39.5 Å². The van der Waals surface area contributed by atoms with Gasteiger partial charge in [0.05, 0.1) is 24.4 Å². The predicted octanol–water partition coefficient (Wildman–Crippen LogP) is 3.35. The summed E-state index contributed by atoms with van der Waals surface area (Å²) in [6, 6.07) is 4.90. The van der Waals surface area contributed by atoms with Crippen molar-refractivity contribution in [1.29, 1.82) is 0 Å². The van der Waals surface area contributed by atoms with Gasteiger partial charge < -0.3 is 9.47 Å². The number of rotatable bonds is 7. The maximum atomic E-state index is 12.3. The summed E-state index contributed by atoms with van der Waals surface area (Å²) >= 11 is 3.34. The summed E-state index contributed by atoms with van der Waals surface area (Å²) in [4.78, 5) is 2.03. The minimum absolute atomic E-state index is 0.0277. The van der Waals surface area contributed by atoms with E-state index in [1.54, 1.807) is 23.0 Å². The van der Waals surface area contributed by atoms with Crippen LogP contribution >= 0.6 is 15.9 Å². The average molecular weight is 376 g/mol. The second kappa shape index (κ2) is 7.55. The Hall–Kier alpha value is -1.67. The van der Waals surface area contributed by atoms with Crippen LogP contribution in [0.15, 0.2) is 35.1 Å². The molecule has 0 aliphatic heterocycles. The van der Waals surface area contributed by atoms with Gasteiger partial charge in [-0.2, -0.15) is 13.9 Å². The molecule has 0 N–H and O–H groups in total. The Kier molecular flexibility index (Phi) is 5.73. The number of alkyl halides is 2. The van der Waals surface area contributed by atoms with Crippen molar-refractivity contribution in [3.63, 3.8) is 0 Å². The maximum absolute atomic E-state index is 12.3. The molecule has 0 spiro atoms. The van der Waals surface area contributed by atoms with Crippen LogP contribution in [0.1, 0.15) is 5.56 Å². The smallest absolute Gasteiger partial charge is 0.387 e. The lowest BCUT2D eigenvalue weighted by Crippen LogP contribution is -2.21. The first-order valence-corrected chi connectivity index (χ1v) is 7.25. The normalized spacial score (nSPS) is 11.2. The molecule has 2 rings (SSSR count). The van der Waals surface area contributed by atoms with Gasteiger partial charge in [0.25, 0.3) is 0 Å². The van der Waals surface area contributed by atoms with E-state index >= 15 is 0 Å². The molecule has 0 unspecified atom stereocenters. The first-order valence-electron chi connectivity index (χ1n) is 6.46. The molecule has 0 saturated heterocycles. The Bertz CT molecular complexity index is 622. The Morgan fingerprint density at radius 3 is 2.73 bits per heavy atom. The molecule has 22 heavy (non-hydrogen) atoms. The van der Waals surface area contributed by atoms with E-state index in [0.29, 0.717) is 13.2 Å². The molecule has 8 heteroatoms. The van der Waals surface area contributed by atoms with Crippen molar-refractivity contribution in [2.45, 2.75) is 19.8 Å². The third kappa shape index (κ3) is 4.67. The Morgan fingerprint density at radius 2 is 2.14 bits per heavy atom. The van der Waals surface area contributed by atoms with Gasteiger partial charge in [0.2, 0.25) is 0 Å². The highest BCUT2D eigenvalue weighted by molar-refractivity contribution is 9.10. The van der Waals surface area contributed by atoms with Gasteiger partial charge in [-0.25, -0.2) is 0 Å². The molecule has 0 aliphatic rings. The lowest BCUT2D eigenvalue weighted by Gasteiger charge is -2.18. The van der Waals surface area contributed by atoms with E-state index in [0.717, 1.165) is 10.0 Å². The second-order valence-electron chi connectivity index (χ2n) is 4.72. The molecule has 0 saturated carbocycles. The van der Waals surface area contributed by atoms with Crippen molar-refractivity contribution < 1.29 is 18.3 Å². The molecule has 0 fully saturated rings. The number of hydrogen-bond donors (Lipinski definition) is 0. The largest absolute Gasteiger partial charge is 0.493 e. The molecule has 1 heterocycles. The first kappa shape index (κ1) is 16.7. The van der Waals surface area contributed by atoms with Gasteiger partial charge in [-0.05, 0) is 40.7 Å². The molecule has 5 nitrogen and oxygen atoms in total. The van der Waals surface area contributed by atoms with E-state index in [1.807, 2.05) is 18.1 Å². The van der Waals surface area contributed by atoms with E-state index in [1.165, 1.54) is 13.2 Å². The van der Waals surface area contributed by atoms with Crippen LogP contribution in [0, 0.1) is 0 Å². The predicted molar refractivity (Wildman–Crippen MR) is 81.0 cm³/mol. The van der Waals surface area contributed by atoms with Gasteiger partial charge in [0.15, 0.2) is 11.5 Å². The summed E-state index contributed by atoms with van der Waals surface area (Å²) in [5.41, 5.74) is 0.923. The zero-order valence-corrected chi connectivity index (χ0v) is 13.8. The Balaban J connectivity index is 2.02. The van der Waals surface area contributed by atoms with Crippen LogP contribution in [-0.2, 0) is 13.2 Å². The minimum Gasteiger partial charge on any atom is -0.493 e. The number of halogens is 3. The number of hydrogen-bond acceptors (Lipinski definition) is 4. The van der Waals surface area contributed by atoms with E-state index in [2.05, 4.69) is 25.8 Å². The van der Waals surface area contributed by atoms with Crippen LogP contribution in [0.25, 0.3) is 0 Å². The summed E-state index contributed by atoms with van der Waals surface area (Å²) in [6.07, 6.45) is 3.59. The van der Waals surface area contributed by atoms with Crippen LogP contribution in [0.4, 0.5) is 8.78 Å². The number of aromatic nitrogens is 2. The molecule has 2 aromatic rings. The van der Waals surface area contributed by atoms with Gasteiger partial charge in [0, 0.05) is 12.7 Å². The van der Waals surface area contributed by atoms with Crippen molar-refractivity contribution >= 4 is 15.9 Å². The molecular weight excluding hydrogens is 360 g/mol. The van der Waals surface area contributed by atoms with Crippen molar-refractivity contribution in [2.24, 2.45) is 0 Å². The van der Waals surface area contributed by atoms with Gasteiger partial charge in [-0.3, -0.25) is 9.58 Å². The maximum Gasteiger partial charge on any atom is 0.387 e. The van der Waals surface area contributed by atoms with Crippen LogP contribution in [0.2, 0.25) is 0 Å². The van der Waals surface area contributed by atoms with E-state index in [-0.39, 0.29) is 11.5 Å². The summed E-state index contributed by atoms with van der Waals surface area (Å²) < 4.78 is 36.8. The molecule has 0 amide bonds. The van der Waals surface area contributed by atoms with Crippen molar-refractivity contribution in [3.8, 4) is 11.5 Å². The molecule has 0 radical (unpaired) electrons. The fourth-order valence-electron chi connectivity index (χ4n) is 2.03. The molecule has 1 aromatic carbocycles.